The molecule has 18 heavy (non-hydrogen) atoms. The van der Waals surface area contributed by atoms with E-state index in [0.717, 1.165) is 25.1 Å². The van der Waals surface area contributed by atoms with Crippen molar-refractivity contribution in [1.29, 1.82) is 0 Å². The number of carbonyl (C=O) groups excluding carboxylic acids is 1. The molecule has 3 N–H and O–H groups in total. The summed E-state index contributed by atoms with van der Waals surface area (Å²) in [6.45, 7) is 5.12. The molecule has 6 nitrogen and oxygen atoms in total. The van der Waals surface area contributed by atoms with Crippen molar-refractivity contribution in [2.75, 3.05) is 25.9 Å². The highest BCUT2D eigenvalue weighted by atomic mass is 16.5. The summed E-state index contributed by atoms with van der Waals surface area (Å²) in [6.07, 6.45) is 1.89. The van der Waals surface area contributed by atoms with Crippen molar-refractivity contribution in [3.63, 3.8) is 0 Å². The molecule has 1 unspecified atom stereocenters. The molecule has 1 fully saturated rings. The molecule has 1 aliphatic rings. The van der Waals surface area contributed by atoms with E-state index in [-0.39, 0.29) is 11.5 Å². The third-order valence-corrected chi connectivity index (χ3v) is 3.64. The number of aromatic amines is 1. The van der Waals surface area contributed by atoms with Crippen LogP contribution >= 0.6 is 0 Å². The van der Waals surface area contributed by atoms with Crippen LogP contribution in [0.1, 0.15) is 35.9 Å². The summed E-state index contributed by atoms with van der Waals surface area (Å²) in [5, 5.41) is 6.72. The molecule has 2 heterocycles. The smallest absolute Gasteiger partial charge is 0.276 e. The molecule has 0 aliphatic carbocycles. The van der Waals surface area contributed by atoms with Gasteiger partial charge in [-0.25, -0.2) is 0 Å². The second kappa shape index (κ2) is 4.61. The largest absolute Gasteiger partial charge is 0.395 e. The van der Waals surface area contributed by atoms with Crippen LogP contribution in [0.2, 0.25) is 0 Å². The number of anilines is 1. The first-order chi connectivity index (χ1) is 8.47. The van der Waals surface area contributed by atoms with Crippen LogP contribution in [0.25, 0.3) is 0 Å². The minimum absolute atomic E-state index is 0.125. The Kier molecular flexibility index (Phi) is 3.30. The van der Waals surface area contributed by atoms with Crippen LogP contribution < -0.4 is 5.73 Å². The number of nitrogens with one attached hydrogen (secondary N) is 1. The normalized spacial score (nSPS) is 24.3. The molecule has 6 heteroatoms. The van der Waals surface area contributed by atoms with Crippen molar-refractivity contribution in [2.45, 2.75) is 32.3 Å². The lowest BCUT2D eigenvalue weighted by Crippen LogP contribution is -2.49. The lowest BCUT2D eigenvalue weighted by atomic mass is 9.94. The summed E-state index contributed by atoms with van der Waals surface area (Å²) in [4.78, 5) is 14.1. The third kappa shape index (κ3) is 2.20. The number of nitrogens with two attached hydrogens (primary N) is 1. The molecule has 1 aromatic heterocycles. The van der Waals surface area contributed by atoms with Gasteiger partial charge in [0, 0.05) is 20.2 Å². The summed E-state index contributed by atoms with van der Waals surface area (Å²) < 4.78 is 5.48. The van der Waals surface area contributed by atoms with Gasteiger partial charge < -0.3 is 15.4 Å². The Morgan fingerprint density at radius 2 is 2.33 bits per heavy atom. The number of nitrogens with zero attached hydrogens (tertiary/aromatic N) is 2. The van der Waals surface area contributed by atoms with Crippen LogP contribution in [-0.2, 0) is 4.74 Å². The lowest BCUT2D eigenvalue weighted by Gasteiger charge is -2.39. The Hall–Kier alpha value is -1.56. The first-order valence-corrected chi connectivity index (χ1v) is 6.12. The van der Waals surface area contributed by atoms with E-state index in [4.69, 9.17) is 10.5 Å². The van der Waals surface area contributed by atoms with E-state index in [1.54, 1.807) is 18.9 Å². The second-order valence-corrected chi connectivity index (χ2v) is 5.10. The van der Waals surface area contributed by atoms with E-state index >= 15 is 0 Å². The van der Waals surface area contributed by atoms with Gasteiger partial charge in [-0.2, -0.15) is 5.10 Å². The van der Waals surface area contributed by atoms with Gasteiger partial charge in [0.15, 0.2) is 5.69 Å². The van der Waals surface area contributed by atoms with Gasteiger partial charge in [0.05, 0.1) is 17.0 Å². The number of carbonyl (C=O) groups is 1. The standard InChI is InChI=1S/C12H20N4O2/c1-8-9(13)10(15-14-8)11(17)16-6-4-5-12(2,7-16)18-3/h4-7,13H2,1-3H3,(H,14,15). The molecule has 0 bridgehead atoms. The summed E-state index contributed by atoms with van der Waals surface area (Å²) >= 11 is 0. The Bertz CT molecular complexity index is 457. The van der Waals surface area contributed by atoms with Crippen LogP contribution in [0, 0.1) is 6.92 Å². The number of methoxy groups -OCH3 is 1. The van der Waals surface area contributed by atoms with E-state index in [1.165, 1.54) is 0 Å². The molecule has 1 saturated heterocycles. The number of H-pyrrole nitrogens is 1. The predicted octanol–water partition coefficient (Wildman–Crippen LogP) is 0.941. The van der Waals surface area contributed by atoms with Gasteiger partial charge in [-0.3, -0.25) is 9.89 Å². The predicted molar refractivity (Wildman–Crippen MR) is 68.3 cm³/mol. The molecule has 1 aliphatic heterocycles. The van der Waals surface area contributed by atoms with Crippen molar-refractivity contribution in [2.24, 2.45) is 0 Å². The zero-order chi connectivity index (χ0) is 13.3. The van der Waals surface area contributed by atoms with Gasteiger partial charge in [0.2, 0.25) is 0 Å². The fourth-order valence-electron chi connectivity index (χ4n) is 2.30. The maximum atomic E-state index is 12.3. The second-order valence-electron chi connectivity index (χ2n) is 5.10. The zero-order valence-electron chi connectivity index (χ0n) is 11.1. The molecule has 1 amide bonds. The number of aromatic nitrogens is 2. The quantitative estimate of drug-likeness (QED) is 0.820. The highest BCUT2D eigenvalue weighted by molar-refractivity contribution is 5.97. The molecular formula is C12H20N4O2. The van der Waals surface area contributed by atoms with Crippen LogP contribution in [0.3, 0.4) is 0 Å². The fourth-order valence-corrected chi connectivity index (χ4v) is 2.30. The van der Waals surface area contributed by atoms with E-state index in [1.807, 2.05) is 6.92 Å². The van der Waals surface area contributed by atoms with Crippen LogP contribution in [0.4, 0.5) is 5.69 Å². The van der Waals surface area contributed by atoms with Crippen molar-refractivity contribution in [3.8, 4) is 0 Å². The van der Waals surface area contributed by atoms with Crippen LogP contribution in [0.15, 0.2) is 0 Å². The van der Waals surface area contributed by atoms with Crippen LogP contribution in [0.5, 0.6) is 0 Å². The number of likely N-dealkylation sites (tertiary alicyclic amines) is 1. The SMILES string of the molecule is COC1(C)CCCN(C(=O)c2n[nH]c(C)c2N)C1. The van der Waals surface area contributed by atoms with Gasteiger partial charge in [-0.15, -0.1) is 0 Å². The van der Waals surface area contributed by atoms with Crippen LogP contribution in [-0.4, -0.2) is 46.8 Å². The molecule has 0 radical (unpaired) electrons. The lowest BCUT2D eigenvalue weighted by molar-refractivity contribution is -0.0441. The Morgan fingerprint density at radius 1 is 1.61 bits per heavy atom. The minimum atomic E-state index is -0.270. The topological polar surface area (TPSA) is 84.2 Å². The molecular weight excluding hydrogens is 232 g/mol. The van der Waals surface area contributed by atoms with Gasteiger partial charge in [-0.05, 0) is 26.7 Å². The summed E-state index contributed by atoms with van der Waals surface area (Å²) in [5.74, 6) is -0.125. The molecule has 0 aromatic carbocycles. The van der Waals surface area contributed by atoms with Crippen molar-refractivity contribution >= 4 is 11.6 Å². The van der Waals surface area contributed by atoms with E-state index in [0.29, 0.717) is 17.9 Å². The maximum Gasteiger partial charge on any atom is 0.276 e. The molecule has 0 spiro atoms. The zero-order valence-corrected chi connectivity index (χ0v) is 11.1. The summed E-state index contributed by atoms with van der Waals surface area (Å²) in [5.41, 5.74) is 7.04. The first-order valence-electron chi connectivity index (χ1n) is 6.12. The Labute approximate surface area is 106 Å². The number of nitrogen functional groups attached to an aromatic ring is 1. The third-order valence-electron chi connectivity index (χ3n) is 3.64. The highest BCUT2D eigenvalue weighted by Crippen LogP contribution is 2.26. The monoisotopic (exact) mass is 252 g/mol. The maximum absolute atomic E-state index is 12.3. The Morgan fingerprint density at radius 3 is 2.89 bits per heavy atom. The van der Waals surface area contributed by atoms with Crippen molar-refractivity contribution < 1.29 is 9.53 Å². The van der Waals surface area contributed by atoms with Gasteiger partial charge >= 0.3 is 0 Å². The first kappa shape index (κ1) is 12.9. The van der Waals surface area contributed by atoms with Gasteiger partial charge in [0.25, 0.3) is 5.91 Å². The highest BCUT2D eigenvalue weighted by Gasteiger charge is 2.34. The summed E-state index contributed by atoms with van der Waals surface area (Å²) in [6, 6.07) is 0. The molecule has 0 saturated carbocycles. The number of rotatable bonds is 2. The number of hydrogen-bond donors (Lipinski definition) is 2. The Balaban J connectivity index is 2.17. The summed E-state index contributed by atoms with van der Waals surface area (Å²) in [7, 11) is 1.68. The van der Waals surface area contributed by atoms with E-state index < -0.39 is 0 Å². The molecule has 100 valence electrons. The number of hydrogen-bond acceptors (Lipinski definition) is 4. The molecule has 2 rings (SSSR count). The molecule has 1 atom stereocenters. The van der Waals surface area contributed by atoms with E-state index in [9.17, 15) is 4.79 Å². The number of piperidine rings is 1. The van der Waals surface area contributed by atoms with Gasteiger partial charge in [0.1, 0.15) is 0 Å². The molecule has 1 aromatic rings. The van der Waals surface area contributed by atoms with E-state index in [2.05, 4.69) is 10.2 Å². The van der Waals surface area contributed by atoms with Crippen molar-refractivity contribution in [3.05, 3.63) is 11.4 Å². The van der Waals surface area contributed by atoms with Gasteiger partial charge in [-0.1, -0.05) is 0 Å². The average molecular weight is 252 g/mol. The minimum Gasteiger partial charge on any atom is -0.395 e. The number of aryl methyl sites for hydroxylation is 1. The number of ether oxygens (including phenoxy) is 1. The van der Waals surface area contributed by atoms with Crippen molar-refractivity contribution in [1.82, 2.24) is 15.1 Å². The fraction of sp³-hybridized carbons (Fsp3) is 0.667. The number of amides is 1. The average Bonchev–Trinajstić information content (AvgIpc) is 2.69.